The van der Waals surface area contributed by atoms with E-state index in [1.165, 1.54) is 18.2 Å². The van der Waals surface area contributed by atoms with Crippen LogP contribution in [0.4, 0.5) is 10.1 Å². The van der Waals surface area contributed by atoms with Crippen LogP contribution in [-0.4, -0.2) is 9.91 Å². The number of H-pyrrole nitrogens is 1. The molecule has 0 saturated carbocycles. The molecule has 0 bridgehead atoms. The standard InChI is InChI=1S/C9H5FN2O3/c10-6-4-5-7(11-9(6)13)2-1-3-8(5)12(14)15/h1-4H,(H,11,13). The number of nitro groups is 1. The summed E-state index contributed by atoms with van der Waals surface area (Å²) in [5.41, 5.74) is -0.874. The van der Waals surface area contributed by atoms with Crippen LogP contribution in [-0.2, 0) is 0 Å². The van der Waals surface area contributed by atoms with Crippen molar-refractivity contribution in [3.8, 4) is 0 Å². The first-order chi connectivity index (χ1) is 7.09. The first-order valence-corrected chi connectivity index (χ1v) is 4.05. The Labute approximate surface area is 82.3 Å². The number of rotatable bonds is 1. The highest BCUT2D eigenvalue weighted by molar-refractivity contribution is 5.87. The molecule has 1 heterocycles. The molecular weight excluding hydrogens is 203 g/mol. The molecule has 0 aliphatic carbocycles. The molecule has 0 saturated heterocycles. The molecular formula is C9H5FN2O3. The van der Waals surface area contributed by atoms with E-state index in [-0.39, 0.29) is 16.6 Å². The van der Waals surface area contributed by atoms with Gasteiger partial charge in [-0.05, 0) is 12.1 Å². The second-order valence-corrected chi connectivity index (χ2v) is 2.94. The lowest BCUT2D eigenvalue weighted by Gasteiger charge is -1.98. The average molecular weight is 208 g/mol. The topological polar surface area (TPSA) is 76.0 Å². The summed E-state index contributed by atoms with van der Waals surface area (Å²) in [6.45, 7) is 0. The quantitative estimate of drug-likeness (QED) is 0.570. The number of halogens is 1. The summed E-state index contributed by atoms with van der Waals surface area (Å²) in [5, 5.41) is 10.7. The number of aromatic amines is 1. The highest BCUT2D eigenvalue weighted by Gasteiger charge is 2.13. The van der Waals surface area contributed by atoms with Crippen molar-refractivity contribution in [1.29, 1.82) is 0 Å². The minimum Gasteiger partial charge on any atom is -0.319 e. The Morgan fingerprint density at radius 3 is 2.80 bits per heavy atom. The lowest BCUT2D eigenvalue weighted by molar-refractivity contribution is -0.383. The van der Waals surface area contributed by atoms with E-state index in [0.717, 1.165) is 6.07 Å². The number of non-ortho nitro benzene ring substituents is 1. The molecule has 1 aromatic carbocycles. The monoisotopic (exact) mass is 208 g/mol. The molecule has 0 spiro atoms. The number of pyridine rings is 1. The highest BCUT2D eigenvalue weighted by Crippen LogP contribution is 2.22. The highest BCUT2D eigenvalue weighted by atomic mass is 19.1. The van der Waals surface area contributed by atoms with Gasteiger partial charge in [0.1, 0.15) is 0 Å². The second kappa shape index (κ2) is 3.16. The van der Waals surface area contributed by atoms with Gasteiger partial charge >= 0.3 is 0 Å². The molecule has 0 amide bonds. The number of hydrogen-bond acceptors (Lipinski definition) is 3. The summed E-state index contributed by atoms with van der Waals surface area (Å²) in [6.07, 6.45) is 0. The molecule has 5 nitrogen and oxygen atoms in total. The lowest BCUT2D eigenvalue weighted by Crippen LogP contribution is -2.10. The van der Waals surface area contributed by atoms with Crippen LogP contribution in [0, 0.1) is 15.9 Å². The summed E-state index contributed by atoms with van der Waals surface area (Å²) in [6, 6.07) is 5.02. The Kier molecular flexibility index (Phi) is 1.96. The van der Waals surface area contributed by atoms with Gasteiger partial charge in [0.15, 0.2) is 5.82 Å². The summed E-state index contributed by atoms with van der Waals surface area (Å²) in [7, 11) is 0. The molecule has 0 aliphatic rings. The van der Waals surface area contributed by atoms with Crippen molar-refractivity contribution in [3.63, 3.8) is 0 Å². The third kappa shape index (κ3) is 1.45. The van der Waals surface area contributed by atoms with E-state index in [1.807, 2.05) is 0 Å². The van der Waals surface area contributed by atoms with E-state index >= 15 is 0 Å². The SMILES string of the molecule is O=c1[nH]c2cccc([N+](=O)[O-])c2cc1F. The summed E-state index contributed by atoms with van der Waals surface area (Å²) in [4.78, 5) is 23.1. The van der Waals surface area contributed by atoms with Gasteiger partial charge in [-0.2, -0.15) is 0 Å². The molecule has 0 atom stereocenters. The Hall–Kier alpha value is -2.24. The van der Waals surface area contributed by atoms with Crippen LogP contribution in [0.15, 0.2) is 29.1 Å². The predicted octanol–water partition coefficient (Wildman–Crippen LogP) is 1.58. The zero-order valence-corrected chi connectivity index (χ0v) is 7.36. The Bertz CT molecular complexity index is 606. The number of fused-ring (bicyclic) bond motifs is 1. The van der Waals surface area contributed by atoms with Gasteiger partial charge in [0, 0.05) is 6.07 Å². The van der Waals surface area contributed by atoms with Crippen molar-refractivity contribution < 1.29 is 9.31 Å². The first kappa shape index (κ1) is 9.32. The van der Waals surface area contributed by atoms with Gasteiger partial charge in [-0.3, -0.25) is 14.9 Å². The van der Waals surface area contributed by atoms with Crippen LogP contribution in [0.5, 0.6) is 0 Å². The lowest BCUT2D eigenvalue weighted by atomic mass is 10.2. The zero-order chi connectivity index (χ0) is 11.0. The number of benzene rings is 1. The van der Waals surface area contributed by atoms with Gasteiger partial charge in [0.25, 0.3) is 11.2 Å². The van der Waals surface area contributed by atoms with Gasteiger partial charge in [-0.25, -0.2) is 4.39 Å². The van der Waals surface area contributed by atoms with E-state index in [4.69, 9.17) is 0 Å². The van der Waals surface area contributed by atoms with E-state index < -0.39 is 16.3 Å². The normalized spacial score (nSPS) is 10.5. The van der Waals surface area contributed by atoms with E-state index in [1.54, 1.807) is 0 Å². The zero-order valence-electron chi connectivity index (χ0n) is 7.36. The molecule has 1 N–H and O–H groups in total. The number of hydrogen-bond donors (Lipinski definition) is 1. The fraction of sp³-hybridized carbons (Fsp3) is 0. The van der Waals surface area contributed by atoms with E-state index in [9.17, 15) is 19.3 Å². The minimum absolute atomic E-state index is 0.0830. The largest absolute Gasteiger partial charge is 0.319 e. The molecule has 0 radical (unpaired) electrons. The van der Waals surface area contributed by atoms with Gasteiger partial charge in [-0.15, -0.1) is 0 Å². The first-order valence-electron chi connectivity index (χ1n) is 4.05. The number of nitrogens with zero attached hydrogens (tertiary/aromatic N) is 1. The summed E-state index contributed by atoms with van der Waals surface area (Å²) >= 11 is 0. The third-order valence-electron chi connectivity index (χ3n) is 2.02. The Morgan fingerprint density at radius 2 is 2.13 bits per heavy atom. The summed E-state index contributed by atoms with van der Waals surface area (Å²) < 4.78 is 12.9. The van der Waals surface area contributed by atoms with Gasteiger partial charge < -0.3 is 4.98 Å². The van der Waals surface area contributed by atoms with Crippen LogP contribution in [0.3, 0.4) is 0 Å². The molecule has 0 aliphatic heterocycles. The van der Waals surface area contributed by atoms with Crippen molar-refractivity contribution >= 4 is 16.6 Å². The van der Waals surface area contributed by atoms with Gasteiger partial charge in [0.2, 0.25) is 0 Å². The van der Waals surface area contributed by atoms with Crippen LogP contribution in [0.25, 0.3) is 10.9 Å². The average Bonchev–Trinajstić information content (AvgIpc) is 2.18. The van der Waals surface area contributed by atoms with Crippen LogP contribution >= 0.6 is 0 Å². The number of aromatic nitrogens is 1. The van der Waals surface area contributed by atoms with Crippen molar-refractivity contribution in [3.05, 3.63) is 50.6 Å². The van der Waals surface area contributed by atoms with E-state index in [2.05, 4.69) is 4.98 Å². The smallest absolute Gasteiger partial charge is 0.284 e. The maximum absolute atomic E-state index is 12.9. The molecule has 0 unspecified atom stereocenters. The minimum atomic E-state index is -1.03. The number of nitro benzene ring substituents is 1. The fourth-order valence-electron chi connectivity index (χ4n) is 1.35. The maximum atomic E-state index is 12.9. The van der Waals surface area contributed by atoms with E-state index in [0.29, 0.717) is 0 Å². The molecule has 2 rings (SSSR count). The third-order valence-corrected chi connectivity index (χ3v) is 2.02. The maximum Gasteiger partial charge on any atom is 0.284 e. The van der Waals surface area contributed by atoms with Crippen molar-refractivity contribution in [2.24, 2.45) is 0 Å². The van der Waals surface area contributed by atoms with Crippen LogP contribution in [0.2, 0.25) is 0 Å². The number of nitrogens with one attached hydrogen (secondary N) is 1. The fourth-order valence-corrected chi connectivity index (χ4v) is 1.35. The molecule has 2 aromatic rings. The van der Waals surface area contributed by atoms with Gasteiger partial charge in [0.05, 0.1) is 15.8 Å². The molecule has 1 aromatic heterocycles. The van der Waals surface area contributed by atoms with Crippen LogP contribution in [0.1, 0.15) is 0 Å². The van der Waals surface area contributed by atoms with Crippen molar-refractivity contribution in [1.82, 2.24) is 4.98 Å². The Balaban J connectivity index is 2.92. The molecule has 76 valence electrons. The molecule has 15 heavy (non-hydrogen) atoms. The Morgan fingerprint density at radius 1 is 1.40 bits per heavy atom. The van der Waals surface area contributed by atoms with Crippen molar-refractivity contribution in [2.45, 2.75) is 0 Å². The van der Waals surface area contributed by atoms with Crippen LogP contribution < -0.4 is 5.56 Å². The second-order valence-electron chi connectivity index (χ2n) is 2.94. The molecule has 0 fully saturated rings. The van der Waals surface area contributed by atoms with Gasteiger partial charge in [-0.1, -0.05) is 6.07 Å². The predicted molar refractivity (Wildman–Crippen MR) is 51.2 cm³/mol. The van der Waals surface area contributed by atoms with Crippen molar-refractivity contribution in [2.75, 3.05) is 0 Å². The summed E-state index contributed by atoms with van der Waals surface area (Å²) in [5.74, 6) is -1.03. The molecule has 6 heteroatoms.